The highest BCUT2D eigenvalue weighted by Crippen LogP contribution is 2.32. The molecule has 2 aliphatic heterocycles. The second-order valence-corrected chi connectivity index (χ2v) is 9.25. The van der Waals surface area contributed by atoms with Crippen molar-refractivity contribution in [2.75, 3.05) is 46.2 Å². The van der Waals surface area contributed by atoms with Gasteiger partial charge in [-0.1, -0.05) is 18.2 Å². The molecular formula is C25H30N2O6S. The summed E-state index contributed by atoms with van der Waals surface area (Å²) in [6.07, 6.45) is 0.906. The van der Waals surface area contributed by atoms with Gasteiger partial charge in [0.05, 0.1) is 26.5 Å². The molecule has 2 fully saturated rings. The fourth-order valence-corrected chi connectivity index (χ4v) is 5.03. The number of likely N-dealkylation sites (tertiary alicyclic amines) is 1. The van der Waals surface area contributed by atoms with Crippen LogP contribution in [0.15, 0.2) is 53.4 Å². The molecule has 9 heteroatoms. The summed E-state index contributed by atoms with van der Waals surface area (Å²) in [7, 11) is 3.19. The molecule has 2 heterocycles. The molecular weight excluding hydrogens is 456 g/mol. The molecule has 0 aromatic heterocycles. The number of thioether (sulfide) groups is 1. The first-order valence-corrected chi connectivity index (χ1v) is 12.3. The second kappa shape index (κ2) is 11.4. The number of hydrogen-bond acceptors (Lipinski definition) is 7. The van der Waals surface area contributed by atoms with E-state index in [9.17, 15) is 9.59 Å². The quantitative estimate of drug-likeness (QED) is 0.501. The second-order valence-electron chi connectivity index (χ2n) is 8.20. The fraction of sp³-hybridized carbons (Fsp3) is 0.440. The van der Waals surface area contributed by atoms with Gasteiger partial charge in [-0.3, -0.25) is 4.79 Å². The maximum Gasteiger partial charge on any atom is 0.410 e. The number of ether oxygens (including phenoxy) is 4. The van der Waals surface area contributed by atoms with Crippen molar-refractivity contribution in [3.05, 3.63) is 48.5 Å². The lowest BCUT2D eigenvalue weighted by molar-refractivity contribution is -0.129. The van der Waals surface area contributed by atoms with Crippen LogP contribution in [0.25, 0.3) is 0 Å². The summed E-state index contributed by atoms with van der Waals surface area (Å²) in [4.78, 5) is 29.8. The summed E-state index contributed by atoms with van der Waals surface area (Å²) in [6, 6.07) is 15.2. The molecule has 1 atom stereocenters. The molecule has 0 bridgehead atoms. The van der Waals surface area contributed by atoms with E-state index in [1.165, 1.54) is 11.8 Å². The zero-order valence-corrected chi connectivity index (χ0v) is 20.3. The molecule has 0 spiro atoms. The highest BCUT2D eigenvalue weighted by molar-refractivity contribution is 8.00. The molecule has 2 aromatic carbocycles. The molecule has 34 heavy (non-hydrogen) atoms. The standard InChI is InChI=1S/C25H30N2O6S/c1-30-22-9-8-21(14-23(22)31-2)34-17-24(28)26-12-10-18(11-13-26)27-15-20(33-25(27)29)16-32-19-6-4-3-5-7-19/h3-9,14,18,20H,10-13,15-17H2,1-2H3. The van der Waals surface area contributed by atoms with E-state index < -0.39 is 0 Å². The van der Waals surface area contributed by atoms with Gasteiger partial charge in [0.25, 0.3) is 0 Å². The lowest BCUT2D eigenvalue weighted by Gasteiger charge is -2.35. The van der Waals surface area contributed by atoms with Gasteiger partial charge in [-0.15, -0.1) is 11.8 Å². The minimum Gasteiger partial charge on any atom is -0.493 e. The van der Waals surface area contributed by atoms with E-state index in [1.807, 2.05) is 53.4 Å². The van der Waals surface area contributed by atoms with E-state index in [-0.39, 0.29) is 24.1 Å². The van der Waals surface area contributed by atoms with Gasteiger partial charge >= 0.3 is 6.09 Å². The van der Waals surface area contributed by atoms with Crippen molar-refractivity contribution in [2.24, 2.45) is 0 Å². The number of carbonyl (C=O) groups is 2. The van der Waals surface area contributed by atoms with Crippen LogP contribution in [0.1, 0.15) is 12.8 Å². The molecule has 2 aromatic rings. The third kappa shape index (κ3) is 5.88. The maximum atomic E-state index is 12.7. The summed E-state index contributed by atoms with van der Waals surface area (Å²) in [5.41, 5.74) is 0. The predicted molar refractivity (Wildman–Crippen MR) is 129 cm³/mol. The van der Waals surface area contributed by atoms with Crippen molar-refractivity contribution in [3.8, 4) is 17.2 Å². The van der Waals surface area contributed by atoms with Crippen LogP contribution in [0.5, 0.6) is 17.2 Å². The Hall–Kier alpha value is -3.07. The Morgan fingerprint density at radius 1 is 1.06 bits per heavy atom. The first kappa shape index (κ1) is 24.1. The lowest BCUT2D eigenvalue weighted by atomic mass is 10.0. The first-order valence-electron chi connectivity index (χ1n) is 11.3. The van der Waals surface area contributed by atoms with Crippen molar-refractivity contribution < 1.29 is 28.5 Å². The van der Waals surface area contributed by atoms with Gasteiger partial charge in [-0.2, -0.15) is 0 Å². The van der Waals surface area contributed by atoms with Crippen LogP contribution in [0.4, 0.5) is 4.79 Å². The Balaban J connectivity index is 1.21. The molecule has 8 nitrogen and oxygen atoms in total. The average Bonchev–Trinajstić information content (AvgIpc) is 3.26. The third-order valence-electron chi connectivity index (χ3n) is 6.06. The number of rotatable bonds is 9. The molecule has 2 saturated heterocycles. The Labute approximate surface area is 204 Å². The molecule has 2 amide bonds. The molecule has 1 unspecified atom stereocenters. The molecule has 0 saturated carbocycles. The number of methoxy groups -OCH3 is 2. The van der Waals surface area contributed by atoms with Gasteiger partial charge in [0, 0.05) is 24.0 Å². The van der Waals surface area contributed by atoms with E-state index in [2.05, 4.69) is 0 Å². The molecule has 4 rings (SSSR count). The zero-order chi connectivity index (χ0) is 23.9. The Kier molecular flexibility index (Phi) is 8.05. The van der Waals surface area contributed by atoms with Crippen LogP contribution in [0.3, 0.4) is 0 Å². The number of para-hydroxylation sites is 1. The predicted octanol–water partition coefficient (Wildman–Crippen LogP) is 3.69. The Morgan fingerprint density at radius 2 is 1.79 bits per heavy atom. The Morgan fingerprint density at radius 3 is 2.50 bits per heavy atom. The number of benzene rings is 2. The molecule has 2 aliphatic rings. The van der Waals surface area contributed by atoms with Crippen molar-refractivity contribution in [3.63, 3.8) is 0 Å². The van der Waals surface area contributed by atoms with Crippen molar-refractivity contribution in [1.82, 2.24) is 9.80 Å². The summed E-state index contributed by atoms with van der Waals surface area (Å²) >= 11 is 1.48. The first-order chi connectivity index (χ1) is 16.6. The van der Waals surface area contributed by atoms with Crippen molar-refractivity contribution >= 4 is 23.8 Å². The number of cyclic esters (lactones) is 1. The highest BCUT2D eigenvalue weighted by Gasteiger charge is 2.38. The minimum atomic E-state index is -0.296. The van der Waals surface area contributed by atoms with E-state index in [0.717, 1.165) is 23.5 Å². The van der Waals surface area contributed by atoms with E-state index >= 15 is 0 Å². The molecule has 0 N–H and O–H groups in total. The number of carbonyl (C=O) groups excluding carboxylic acids is 2. The number of hydrogen-bond donors (Lipinski definition) is 0. The summed E-state index contributed by atoms with van der Waals surface area (Å²) in [5, 5.41) is 0. The van der Waals surface area contributed by atoms with Gasteiger partial charge < -0.3 is 28.7 Å². The van der Waals surface area contributed by atoms with Crippen molar-refractivity contribution in [2.45, 2.75) is 29.9 Å². The van der Waals surface area contributed by atoms with Crippen LogP contribution in [-0.4, -0.2) is 80.2 Å². The lowest BCUT2D eigenvalue weighted by Crippen LogP contribution is -2.47. The molecule has 0 aliphatic carbocycles. The minimum absolute atomic E-state index is 0.0803. The van der Waals surface area contributed by atoms with Crippen LogP contribution >= 0.6 is 11.8 Å². The summed E-state index contributed by atoms with van der Waals surface area (Å²) in [5.74, 6) is 2.51. The van der Waals surface area contributed by atoms with Gasteiger partial charge in [0.2, 0.25) is 5.91 Å². The maximum absolute atomic E-state index is 12.7. The number of amides is 2. The van der Waals surface area contributed by atoms with Gasteiger partial charge in [-0.25, -0.2) is 4.79 Å². The molecule has 182 valence electrons. The largest absolute Gasteiger partial charge is 0.493 e. The van der Waals surface area contributed by atoms with Crippen LogP contribution < -0.4 is 14.2 Å². The van der Waals surface area contributed by atoms with Gasteiger partial charge in [0.1, 0.15) is 12.4 Å². The van der Waals surface area contributed by atoms with E-state index in [4.69, 9.17) is 18.9 Å². The van der Waals surface area contributed by atoms with Crippen LogP contribution in [0.2, 0.25) is 0 Å². The van der Waals surface area contributed by atoms with Crippen LogP contribution in [0, 0.1) is 0 Å². The Bertz CT molecular complexity index is 981. The zero-order valence-electron chi connectivity index (χ0n) is 19.5. The summed E-state index contributed by atoms with van der Waals surface area (Å²) in [6.45, 7) is 2.10. The summed E-state index contributed by atoms with van der Waals surface area (Å²) < 4.78 is 21.8. The topological polar surface area (TPSA) is 77.5 Å². The average molecular weight is 487 g/mol. The highest BCUT2D eigenvalue weighted by atomic mass is 32.2. The van der Waals surface area contributed by atoms with Gasteiger partial charge in [-0.05, 0) is 43.2 Å². The number of piperidine rings is 1. The van der Waals surface area contributed by atoms with Crippen LogP contribution in [-0.2, 0) is 9.53 Å². The molecule has 0 radical (unpaired) electrons. The fourth-order valence-electron chi connectivity index (χ4n) is 4.20. The third-order valence-corrected chi connectivity index (χ3v) is 7.04. The monoisotopic (exact) mass is 486 g/mol. The normalized spacial score (nSPS) is 18.5. The number of nitrogens with zero attached hydrogens (tertiary/aromatic N) is 2. The van der Waals surface area contributed by atoms with E-state index in [0.29, 0.717) is 43.5 Å². The SMILES string of the molecule is COc1ccc(SCC(=O)N2CCC(N3CC(COc4ccccc4)OC3=O)CC2)cc1OC. The smallest absolute Gasteiger partial charge is 0.410 e. The van der Waals surface area contributed by atoms with Crippen molar-refractivity contribution in [1.29, 1.82) is 0 Å². The van der Waals surface area contributed by atoms with Gasteiger partial charge in [0.15, 0.2) is 17.6 Å². The van der Waals surface area contributed by atoms with E-state index in [1.54, 1.807) is 19.1 Å².